The zero-order valence-electron chi connectivity index (χ0n) is 11.2. The Hall–Kier alpha value is -0.520. The number of terminal acetylenes is 1. The predicted molar refractivity (Wildman–Crippen MR) is 68.4 cm³/mol. The number of ether oxygens (including phenoxy) is 2. The third kappa shape index (κ3) is 7.73. The molecule has 0 rings (SSSR count). The lowest BCUT2D eigenvalue weighted by molar-refractivity contribution is -0.0651. The monoisotopic (exact) mass is 226 g/mol. The first-order valence-electron chi connectivity index (χ1n) is 6.18. The van der Waals surface area contributed by atoms with Crippen LogP contribution in [-0.4, -0.2) is 25.4 Å². The average Bonchev–Trinajstić information content (AvgIpc) is 2.25. The largest absolute Gasteiger partial charge is 0.385 e. The Morgan fingerprint density at radius 1 is 1.31 bits per heavy atom. The molecule has 0 aromatic carbocycles. The van der Waals surface area contributed by atoms with Gasteiger partial charge < -0.3 is 9.47 Å². The van der Waals surface area contributed by atoms with Crippen molar-refractivity contribution in [3.8, 4) is 12.3 Å². The molecule has 2 nitrogen and oxygen atoms in total. The van der Waals surface area contributed by atoms with Gasteiger partial charge in [-0.25, -0.2) is 0 Å². The van der Waals surface area contributed by atoms with Gasteiger partial charge >= 0.3 is 0 Å². The van der Waals surface area contributed by atoms with E-state index in [1.54, 1.807) is 7.11 Å². The van der Waals surface area contributed by atoms with Crippen molar-refractivity contribution in [2.24, 2.45) is 0 Å². The topological polar surface area (TPSA) is 18.5 Å². The molecule has 0 radical (unpaired) electrons. The number of hydrogen-bond acceptors (Lipinski definition) is 2. The van der Waals surface area contributed by atoms with E-state index < -0.39 is 0 Å². The minimum atomic E-state index is -0.195. The van der Waals surface area contributed by atoms with Crippen LogP contribution in [0.2, 0.25) is 0 Å². The maximum absolute atomic E-state index is 5.92. The van der Waals surface area contributed by atoms with E-state index in [1.165, 1.54) is 12.8 Å². The Kier molecular flexibility index (Phi) is 8.33. The molecule has 16 heavy (non-hydrogen) atoms. The summed E-state index contributed by atoms with van der Waals surface area (Å²) in [7, 11) is 1.70. The minimum absolute atomic E-state index is 0.0570. The van der Waals surface area contributed by atoms with Crippen LogP contribution in [0.15, 0.2) is 0 Å². The fourth-order valence-corrected chi connectivity index (χ4v) is 1.55. The average molecular weight is 226 g/mol. The van der Waals surface area contributed by atoms with E-state index in [2.05, 4.69) is 26.7 Å². The smallest absolute Gasteiger partial charge is 0.118 e. The van der Waals surface area contributed by atoms with Crippen molar-refractivity contribution in [2.75, 3.05) is 13.7 Å². The fourth-order valence-electron chi connectivity index (χ4n) is 1.55. The maximum Gasteiger partial charge on any atom is 0.118 e. The van der Waals surface area contributed by atoms with Gasteiger partial charge in [0.2, 0.25) is 0 Å². The van der Waals surface area contributed by atoms with Gasteiger partial charge in [-0.3, -0.25) is 0 Å². The zero-order valence-corrected chi connectivity index (χ0v) is 11.2. The maximum atomic E-state index is 5.92. The molecule has 0 N–H and O–H groups in total. The standard InChI is InChI=1S/C14H26O2/c1-6-8-9-10-13(7-2)16-14(3,4)11-12-15-5/h2,13H,6,8-12H2,1,3-5H3. The number of unbranched alkanes of at least 4 members (excludes halogenated alkanes) is 2. The van der Waals surface area contributed by atoms with E-state index in [0.717, 1.165) is 19.3 Å². The van der Waals surface area contributed by atoms with Crippen LogP contribution in [-0.2, 0) is 9.47 Å². The molecule has 0 aromatic rings. The van der Waals surface area contributed by atoms with Gasteiger partial charge in [-0.1, -0.05) is 25.7 Å². The molecule has 0 amide bonds. The van der Waals surface area contributed by atoms with Gasteiger partial charge in [0, 0.05) is 13.7 Å². The summed E-state index contributed by atoms with van der Waals surface area (Å²) in [5.74, 6) is 2.73. The van der Waals surface area contributed by atoms with Gasteiger partial charge in [0.05, 0.1) is 5.60 Å². The van der Waals surface area contributed by atoms with Gasteiger partial charge in [-0.2, -0.15) is 0 Å². The fraction of sp³-hybridized carbons (Fsp3) is 0.857. The predicted octanol–water partition coefficient (Wildman–Crippen LogP) is 3.40. The molecular weight excluding hydrogens is 200 g/mol. The van der Waals surface area contributed by atoms with Crippen LogP contribution in [0.5, 0.6) is 0 Å². The van der Waals surface area contributed by atoms with Crippen LogP contribution in [0.4, 0.5) is 0 Å². The van der Waals surface area contributed by atoms with Gasteiger partial charge in [0.15, 0.2) is 0 Å². The molecule has 94 valence electrons. The molecule has 0 saturated heterocycles. The second kappa shape index (κ2) is 8.61. The van der Waals surface area contributed by atoms with Crippen molar-refractivity contribution in [2.45, 2.75) is 64.6 Å². The van der Waals surface area contributed by atoms with Crippen LogP contribution in [0.3, 0.4) is 0 Å². The third-order valence-corrected chi connectivity index (χ3v) is 2.63. The van der Waals surface area contributed by atoms with E-state index in [9.17, 15) is 0 Å². The van der Waals surface area contributed by atoms with Crippen molar-refractivity contribution in [3.05, 3.63) is 0 Å². The summed E-state index contributed by atoms with van der Waals surface area (Å²) >= 11 is 0. The highest BCUT2D eigenvalue weighted by Gasteiger charge is 2.22. The summed E-state index contributed by atoms with van der Waals surface area (Å²) in [6.07, 6.45) is 10.8. The van der Waals surface area contributed by atoms with E-state index in [-0.39, 0.29) is 11.7 Å². The van der Waals surface area contributed by atoms with Gasteiger partial charge in [0.1, 0.15) is 6.10 Å². The highest BCUT2D eigenvalue weighted by atomic mass is 16.5. The molecule has 1 atom stereocenters. The Morgan fingerprint density at radius 2 is 2.00 bits per heavy atom. The van der Waals surface area contributed by atoms with Crippen LogP contribution in [0, 0.1) is 12.3 Å². The summed E-state index contributed by atoms with van der Waals surface area (Å²) in [5, 5.41) is 0. The first-order valence-corrected chi connectivity index (χ1v) is 6.18. The summed E-state index contributed by atoms with van der Waals surface area (Å²) in [6, 6.07) is 0. The molecule has 0 aliphatic carbocycles. The van der Waals surface area contributed by atoms with Gasteiger partial charge in [-0.05, 0) is 33.1 Å². The normalized spacial score (nSPS) is 13.4. The Labute approximate surface area is 101 Å². The Balaban J connectivity index is 3.95. The molecule has 0 fully saturated rings. The van der Waals surface area contributed by atoms with Crippen LogP contribution in [0.25, 0.3) is 0 Å². The molecule has 0 bridgehead atoms. The second-order valence-corrected chi connectivity index (χ2v) is 4.77. The van der Waals surface area contributed by atoms with E-state index in [1.807, 2.05) is 0 Å². The molecule has 0 aromatic heterocycles. The lowest BCUT2D eigenvalue weighted by atomic mass is 10.0. The summed E-state index contributed by atoms with van der Waals surface area (Å²) < 4.78 is 11.0. The minimum Gasteiger partial charge on any atom is -0.385 e. The second-order valence-electron chi connectivity index (χ2n) is 4.77. The lowest BCUT2D eigenvalue weighted by Gasteiger charge is -2.28. The summed E-state index contributed by atoms with van der Waals surface area (Å²) in [6.45, 7) is 7.03. The molecule has 1 unspecified atom stereocenters. The van der Waals surface area contributed by atoms with Crippen LogP contribution in [0.1, 0.15) is 52.9 Å². The Bertz CT molecular complexity index is 203. The van der Waals surface area contributed by atoms with Crippen molar-refractivity contribution in [3.63, 3.8) is 0 Å². The van der Waals surface area contributed by atoms with E-state index in [0.29, 0.717) is 6.61 Å². The molecule has 2 heteroatoms. The quantitative estimate of drug-likeness (QED) is 0.443. The molecule has 0 heterocycles. The van der Waals surface area contributed by atoms with Gasteiger partial charge in [-0.15, -0.1) is 6.42 Å². The van der Waals surface area contributed by atoms with Crippen LogP contribution < -0.4 is 0 Å². The Morgan fingerprint density at radius 3 is 2.50 bits per heavy atom. The molecule has 0 aliphatic heterocycles. The van der Waals surface area contributed by atoms with Crippen LogP contribution >= 0.6 is 0 Å². The first-order chi connectivity index (χ1) is 7.55. The van der Waals surface area contributed by atoms with E-state index >= 15 is 0 Å². The third-order valence-electron chi connectivity index (χ3n) is 2.63. The van der Waals surface area contributed by atoms with Crippen molar-refractivity contribution < 1.29 is 9.47 Å². The molecule has 0 saturated carbocycles. The van der Waals surface area contributed by atoms with E-state index in [4.69, 9.17) is 15.9 Å². The first kappa shape index (κ1) is 15.5. The summed E-state index contributed by atoms with van der Waals surface area (Å²) in [5.41, 5.74) is -0.195. The SMILES string of the molecule is C#CC(CCCCC)OC(C)(C)CCOC. The molecule has 0 spiro atoms. The number of methoxy groups -OCH3 is 1. The van der Waals surface area contributed by atoms with Crippen molar-refractivity contribution >= 4 is 0 Å². The zero-order chi connectivity index (χ0) is 12.4. The molecule has 0 aliphatic rings. The van der Waals surface area contributed by atoms with Crippen molar-refractivity contribution in [1.29, 1.82) is 0 Å². The highest BCUT2D eigenvalue weighted by Crippen LogP contribution is 2.19. The highest BCUT2D eigenvalue weighted by molar-refractivity contribution is 4.96. The molecular formula is C14H26O2. The van der Waals surface area contributed by atoms with Crippen molar-refractivity contribution in [1.82, 2.24) is 0 Å². The number of hydrogen-bond donors (Lipinski definition) is 0. The number of rotatable bonds is 9. The van der Waals surface area contributed by atoms with Gasteiger partial charge in [0.25, 0.3) is 0 Å². The lowest BCUT2D eigenvalue weighted by Crippen LogP contribution is -2.31. The summed E-state index contributed by atoms with van der Waals surface area (Å²) in [4.78, 5) is 0.